The van der Waals surface area contributed by atoms with Crippen molar-refractivity contribution in [2.75, 3.05) is 0 Å². The molecule has 110 valence electrons. The third-order valence-corrected chi connectivity index (χ3v) is 5.15. The third kappa shape index (κ3) is 2.94. The Hall–Kier alpha value is -1.60. The average molecular weight is 299 g/mol. The predicted molar refractivity (Wildman–Crippen MR) is 72.4 cm³/mol. The minimum atomic E-state index is -3.77. The Labute approximate surface area is 117 Å². The van der Waals surface area contributed by atoms with Crippen molar-refractivity contribution in [1.29, 1.82) is 0 Å². The Kier molecular flexibility index (Phi) is 4.01. The fraction of sp³-hybridized carbons (Fsp3) is 0.462. The monoisotopic (exact) mass is 299 g/mol. The van der Waals surface area contributed by atoms with Crippen molar-refractivity contribution < 1.29 is 23.4 Å². The molecule has 2 rings (SSSR count). The molecule has 0 aromatic heterocycles. The maximum absolute atomic E-state index is 12.3. The van der Waals surface area contributed by atoms with Gasteiger partial charge in [-0.2, -0.15) is 0 Å². The first kappa shape index (κ1) is 14.8. The van der Waals surface area contributed by atoms with Crippen molar-refractivity contribution in [1.82, 2.24) is 4.72 Å². The Morgan fingerprint density at radius 2 is 1.90 bits per heavy atom. The van der Waals surface area contributed by atoms with Crippen molar-refractivity contribution in [3.05, 3.63) is 23.3 Å². The number of sulfonamides is 1. The van der Waals surface area contributed by atoms with Gasteiger partial charge < -0.3 is 10.2 Å². The summed E-state index contributed by atoms with van der Waals surface area (Å²) in [4.78, 5) is 10.9. The summed E-state index contributed by atoms with van der Waals surface area (Å²) in [5, 5.41) is 18.5. The summed E-state index contributed by atoms with van der Waals surface area (Å²) in [6.45, 7) is 1.52. The average Bonchev–Trinajstić information content (AvgIpc) is 2.79. The molecule has 7 heteroatoms. The highest BCUT2D eigenvalue weighted by Crippen LogP contribution is 2.27. The molecule has 1 aromatic rings. The number of aromatic carboxylic acids is 1. The van der Waals surface area contributed by atoms with Gasteiger partial charge in [0.25, 0.3) is 0 Å². The summed E-state index contributed by atoms with van der Waals surface area (Å²) in [7, 11) is -3.77. The first-order valence-electron chi connectivity index (χ1n) is 6.40. The molecule has 0 heterocycles. The summed E-state index contributed by atoms with van der Waals surface area (Å²) in [5.41, 5.74) is -0.0969. The lowest BCUT2D eigenvalue weighted by Gasteiger charge is -2.15. The van der Waals surface area contributed by atoms with Crippen LogP contribution in [-0.2, 0) is 10.0 Å². The van der Waals surface area contributed by atoms with E-state index in [9.17, 15) is 18.3 Å². The van der Waals surface area contributed by atoms with Crippen LogP contribution in [0.2, 0.25) is 0 Å². The lowest BCUT2D eigenvalue weighted by molar-refractivity contribution is 0.0693. The number of rotatable bonds is 4. The van der Waals surface area contributed by atoms with Crippen LogP contribution in [0.3, 0.4) is 0 Å². The van der Waals surface area contributed by atoms with Crippen LogP contribution in [0, 0.1) is 6.92 Å². The first-order valence-corrected chi connectivity index (χ1v) is 7.89. The van der Waals surface area contributed by atoms with E-state index in [4.69, 9.17) is 5.11 Å². The van der Waals surface area contributed by atoms with Gasteiger partial charge in [-0.25, -0.2) is 17.9 Å². The maximum atomic E-state index is 12.3. The molecule has 1 fully saturated rings. The van der Waals surface area contributed by atoms with E-state index in [-0.39, 0.29) is 10.9 Å². The number of carboxylic acid groups (broad SMARTS) is 1. The number of aromatic hydroxyl groups is 1. The van der Waals surface area contributed by atoms with E-state index in [0.29, 0.717) is 5.56 Å². The Morgan fingerprint density at radius 3 is 2.45 bits per heavy atom. The van der Waals surface area contributed by atoms with E-state index in [1.807, 2.05) is 0 Å². The molecule has 0 aliphatic heterocycles. The normalized spacial score (nSPS) is 16.4. The summed E-state index contributed by atoms with van der Waals surface area (Å²) >= 11 is 0. The zero-order valence-electron chi connectivity index (χ0n) is 11.1. The van der Waals surface area contributed by atoms with E-state index in [0.717, 1.165) is 37.8 Å². The maximum Gasteiger partial charge on any atom is 0.339 e. The number of phenols is 1. The minimum Gasteiger partial charge on any atom is -0.507 e. The van der Waals surface area contributed by atoms with E-state index < -0.39 is 27.3 Å². The van der Waals surface area contributed by atoms with Gasteiger partial charge in [-0.05, 0) is 37.5 Å². The fourth-order valence-electron chi connectivity index (χ4n) is 2.46. The van der Waals surface area contributed by atoms with Crippen LogP contribution in [-0.4, -0.2) is 30.6 Å². The number of aryl methyl sites for hydroxylation is 1. The standard InChI is InChI=1S/C13H17NO5S/c1-8-6-11(15)10(13(16)17)7-12(8)20(18,19)14-9-4-2-3-5-9/h6-7,9,14-15H,2-5H2,1H3,(H,16,17). The van der Waals surface area contributed by atoms with E-state index in [2.05, 4.69) is 4.72 Å². The Balaban J connectivity index is 2.40. The van der Waals surface area contributed by atoms with Crippen molar-refractivity contribution in [3.63, 3.8) is 0 Å². The topological polar surface area (TPSA) is 104 Å². The van der Waals surface area contributed by atoms with Crippen LogP contribution in [0.4, 0.5) is 0 Å². The smallest absolute Gasteiger partial charge is 0.339 e. The molecule has 1 aliphatic rings. The molecule has 0 spiro atoms. The highest BCUT2D eigenvalue weighted by Gasteiger charge is 2.26. The van der Waals surface area contributed by atoms with Crippen molar-refractivity contribution in [2.45, 2.75) is 43.5 Å². The second kappa shape index (κ2) is 5.41. The zero-order valence-corrected chi connectivity index (χ0v) is 11.9. The summed E-state index contributed by atoms with van der Waals surface area (Å²) in [6, 6.07) is 2.07. The molecular weight excluding hydrogens is 282 g/mol. The summed E-state index contributed by atoms with van der Waals surface area (Å²) in [5.74, 6) is -1.80. The molecule has 0 saturated heterocycles. The lowest BCUT2D eigenvalue weighted by Crippen LogP contribution is -2.33. The number of hydrogen-bond donors (Lipinski definition) is 3. The fourth-order valence-corrected chi connectivity index (χ4v) is 4.02. The van der Waals surface area contributed by atoms with Gasteiger partial charge in [-0.15, -0.1) is 0 Å². The molecular formula is C13H17NO5S. The highest BCUT2D eigenvalue weighted by atomic mass is 32.2. The molecule has 1 saturated carbocycles. The second-order valence-electron chi connectivity index (χ2n) is 5.04. The van der Waals surface area contributed by atoms with Crippen LogP contribution in [0.5, 0.6) is 5.75 Å². The highest BCUT2D eigenvalue weighted by molar-refractivity contribution is 7.89. The van der Waals surface area contributed by atoms with Crippen molar-refractivity contribution >= 4 is 16.0 Å². The molecule has 3 N–H and O–H groups in total. The predicted octanol–water partition coefficient (Wildman–Crippen LogP) is 1.62. The number of benzene rings is 1. The van der Waals surface area contributed by atoms with Crippen LogP contribution in [0.15, 0.2) is 17.0 Å². The van der Waals surface area contributed by atoms with Crippen molar-refractivity contribution in [3.8, 4) is 5.75 Å². The van der Waals surface area contributed by atoms with E-state index in [1.54, 1.807) is 0 Å². The van der Waals surface area contributed by atoms with Crippen LogP contribution >= 0.6 is 0 Å². The number of hydrogen-bond acceptors (Lipinski definition) is 4. The molecule has 1 aliphatic carbocycles. The van der Waals surface area contributed by atoms with E-state index in [1.165, 1.54) is 6.92 Å². The van der Waals surface area contributed by atoms with Crippen molar-refractivity contribution in [2.24, 2.45) is 0 Å². The van der Waals surface area contributed by atoms with Gasteiger partial charge in [0.2, 0.25) is 10.0 Å². The van der Waals surface area contributed by atoms with Gasteiger partial charge >= 0.3 is 5.97 Å². The molecule has 20 heavy (non-hydrogen) atoms. The molecule has 0 amide bonds. The summed E-state index contributed by atoms with van der Waals surface area (Å²) in [6.07, 6.45) is 3.56. The molecule has 1 aromatic carbocycles. The summed E-state index contributed by atoms with van der Waals surface area (Å²) < 4.78 is 27.2. The molecule has 6 nitrogen and oxygen atoms in total. The number of nitrogens with one attached hydrogen (secondary N) is 1. The van der Waals surface area contributed by atoms with Gasteiger partial charge in [-0.1, -0.05) is 12.8 Å². The lowest BCUT2D eigenvalue weighted by atomic mass is 10.1. The minimum absolute atomic E-state index is 0.0959. The zero-order chi connectivity index (χ0) is 14.9. The molecule has 0 bridgehead atoms. The third-order valence-electron chi connectivity index (χ3n) is 3.49. The van der Waals surface area contributed by atoms with Crippen LogP contribution < -0.4 is 4.72 Å². The van der Waals surface area contributed by atoms with Gasteiger partial charge in [-0.3, -0.25) is 0 Å². The molecule has 0 radical (unpaired) electrons. The first-order chi connectivity index (χ1) is 9.31. The molecule has 0 atom stereocenters. The second-order valence-corrected chi connectivity index (χ2v) is 6.73. The van der Waals surface area contributed by atoms with Crippen LogP contribution in [0.25, 0.3) is 0 Å². The SMILES string of the molecule is Cc1cc(O)c(C(=O)O)cc1S(=O)(=O)NC1CCCC1. The Bertz CT molecular complexity index is 632. The van der Waals surface area contributed by atoms with Gasteiger partial charge in [0, 0.05) is 6.04 Å². The molecule has 0 unspecified atom stereocenters. The van der Waals surface area contributed by atoms with E-state index >= 15 is 0 Å². The number of carboxylic acids is 1. The quantitative estimate of drug-likeness (QED) is 0.783. The largest absolute Gasteiger partial charge is 0.507 e. The number of carbonyl (C=O) groups is 1. The Morgan fingerprint density at radius 1 is 1.30 bits per heavy atom. The van der Waals surface area contributed by atoms with Gasteiger partial charge in [0.1, 0.15) is 11.3 Å². The van der Waals surface area contributed by atoms with Gasteiger partial charge in [0.05, 0.1) is 4.90 Å². The van der Waals surface area contributed by atoms with Gasteiger partial charge in [0.15, 0.2) is 0 Å². The van der Waals surface area contributed by atoms with Crippen LogP contribution in [0.1, 0.15) is 41.6 Å².